The molecule has 2 rings (SSSR count). The monoisotopic (exact) mass is 261 g/mol. The fourth-order valence-electron chi connectivity index (χ4n) is 1.79. The molecule has 0 saturated heterocycles. The lowest BCUT2D eigenvalue weighted by molar-refractivity contribution is 0.0232. The van der Waals surface area contributed by atoms with Gasteiger partial charge in [0, 0.05) is 19.1 Å². The summed E-state index contributed by atoms with van der Waals surface area (Å²) in [6, 6.07) is 8.06. The molecule has 0 fully saturated rings. The molecule has 0 bridgehead atoms. The quantitative estimate of drug-likeness (QED) is 0.892. The standard InChI is InChI=1S/C14H19N3O2/c1-14(2,18-3)8-10-4-6-11(7-5-10)13-16-12(9-15)19-17-13/h4-7H,8-9,15H2,1-3H3. The van der Waals surface area contributed by atoms with Gasteiger partial charge in [-0.15, -0.1) is 0 Å². The highest BCUT2D eigenvalue weighted by Gasteiger charge is 2.17. The van der Waals surface area contributed by atoms with Crippen LogP contribution in [0, 0.1) is 0 Å². The van der Waals surface area contributed by atoms with E-state index in [4.69, 9.17) is 15.0 Å². The van der Waals surface area contributed by atoms with Gasteiger partial charge in [-0.3, -0.25) is 0 Å². The third-order valence-electron chi connectivity index (χ3n) is 3.04. The summed E-state index contributed by atoms with van der Waals surface area (Å²) in [4.78, 5) is 4.19. The molecule has 0 aliphatic rings. The van der Waals surface area contributed by atoms with Gasteiger partial charge < -0.3 is 15.0 Å². The summed E-state index contributed by atoms with van der Waals surface area (Å²) in [5, 5.41) is 3.89. The first-order valence-electron chi connectivity index (χ1n) is 6.21. The fourth-order valence-corrected chi connectivity index (χ4v) is 1.79. The van der Waals surface area contributed by atoms with Crippen molar-refractivity contribution in [3.05, 3.63) is 35.7 Å². The molecule has 19 heavy (non-hydrogen) atoms. The molecule has 5 heteroatoms. The Kier molecular flexibility index (Phi) is 3.97. The zero-order chi connectivity index (χ0) is 13.9. The molecule has 0 spiro atoms. The Bertz CT molecular complexity index is 532. The lowest BCUT2D eigenvalue weighted by Gasteiger charge is -2.22. The van der Waals surface area contributed by atoms with Crippen LogP contribution in [0.2, 0.25) is 0 Å². The van der Waals surface area contributed by atoms with Crippen LogP contribution in [0.3, 0.4) is 0 Å². The predicted octanol–water partition coefficient (Wildman–Crippen LogP) is 2.16. The van der Waals surface area contributed by atoms with Crippen molar-refractivity contribution >= 4 is 0 Å². The molecule has 2 aromatic rings. The summed E-state index contributed by atoms with van der Waals surface area (Å²) in [6.07, 6.45) is 0.851. The second kappa shape index (κ2) is 5.50. The van der Waals surface area contributed by atoms with Gasteiger partial charge in [0.2, 0.25) is 11.7 Å². The molecule has 2 N–H and O–H groups in total. The number of ether oxygens (including phenoxy) is 1. The zero-order valence-corrected chi connectivity index (χ0v) is 11.5. The van der Waals surface area contributed by atoms with Crippen LogP contribution in [0.25, 0.3) is 11.4 Å². The molecule has 0 aliphatic carbocycles. The van der Waals surface area contributed by atoms with Crippen LogP contribution in [-0.2, 0) is 17.7 Å². The first-order chi connectivity index (χ1) is 9.04. The minimum absolute atomic E-state index is 0.166. The lowest BCUT2D eigenvalue weighted by Crippen LogP contribution is -2.25. The molecule has 0 aliphatic heterocycles. The van der Waals surface area contributed by atoms with Gasteiger partial charge in [0.25, 0.3) is 0 Å². The number of hydrogen-bond acceptors (Lipinski definition) is 5. The van der Waals surface area contributed by atoms with Crippen molar-refractivity contribution in [1.29, 1.82) is 0 Å². The van der Waals surface area contributed by atoms with Crippen molar-refractivity contribution in [3.63, 3.8) is 0 Å². The van der Waals surface area contributed by atoms with E-state index in [2.05, 4.69) is 36.1 Å². The number of aromatic nitrogens is 2. The first-order valence-corrected chi connectivity index (χ1v) is 6.21. The molecule has 1 aromatic carbocycles. The summed E-state index contributed by atoms with van der Waals surface area (Å²) < 4.78 is 10.4. The Hall–Kier alpha value is -1.72. The molecule has 0 unspecified atom stereocenters. The summed E-state index contributed by atoms with van der Waals surface area (Å²) in [5.74, 6) is 1.01. The molecule has 0 atom stereocenters. The average molecular weight is 261 g/mol. The molecule has 102 valence electrons. The second-order valence-corrected chi connectivity index (χ2v) is 5.05. The summed E-state index contributed by atoms with van der Waals surface area (Å²) in [6.45, 7) is 4.38. The van der Waals surface area contributed by atoms with Crippen LogP contribution in [0.5, 0.6) is 0 Å². The maximum Gasteiger partial charge on any atom is 0.240 e. The van der Waals surface area contributed by atoms with Crippen molar-refractivity contribution in [2.24, 2.45) is 5.73 Å². The van der Waals surface area contributed by atoms with Crippen molar-refractivity contribution in [2.75, 3.05) is 7.11 Å². The second-order valence-electron chi connectivity index (χ2n) is 5.05. The minimum atomic E-state index is -0.166. The molecule has 0 saturated carbocycles. The van der Waals surface area contributed by atoms with E-state index >= 15 is 0 Å². The van der Waals surface area contributed by atoms with Crippen molar-refractivity contribution in [3.8, 4) is 11.4 Å². The van der Waals surface area contributed by atoms with Gasteiger partial charge in [0.1, 0.15) is 0 Å². The van der Waals surface area contributed by atoms with Crippen LogP contribution in [0.15, 0.2) is 28.8 Å². The van der Waals surface area contributed by atoms with Crippen molar-refractivity contribution in [2.45, 2.75) is 32.4 Å². The Morgan fingerprint density at radius 3 is 2.47 bits per heavy atom. The van der Waals surface area contributed by atoms with E-state index in [0.717, 1.165) is 12.0 Å². The molecule has 1 heterocycles. The normalized spacial score (nSPS) is 11.8. The third-order valence-corrected chi connectivity index (χ3v) is 3.04. The number of rotatable bonds is 5. The van der Waals surface area contributed by atoms with Gasteiger partial charge in [0.05, 0.1) is 12.1 Å². The molecule has 0 amide bonds. The minimum Gasteiger partial charge on any atom is -0.378 e. The zero-order valence-electron chi connectivity index (χ0n) is 11.5. The molecule has 1 aromatic heterocycles. The maximum absolute atomic E-state index is 5.44. The van der Waals surface area contributed by atoms with Gasteiger partial charge in [-0.1, -0.05) is 29.4 Å². The molecule has 5 nitrogen and oxygen atoms in total. The largest absolute Gasteiger partial charge is 0.378 e. The van der Waals surface area contributed by atoms with Crippen LogP contribution >= 0.6 is 0 Å². The Labute approximate surface area is 112 Å². The fraction of sp³-hybridized carbons (Fsp3) is 0.429. The van der Waals surface area contributed by atoms with Crippen molar-refractivity contribution in [1.82, 2.24) is 10.1 Å². The van der Waals surface area contributed by atoms with E-state index in [1.807, 2.05) is 12.1 Å². The number of nitrogens with zero attached hydrogens (tertiary/aromatic N) is 2. The van der Waals surface area contributed by atoms with E-state index in [-0.39, 0.29) is 12.1 Å². The van der Waals surface area contributed by atoms with Gasteiger partial charge in [-0.2, -0.15) is 4.98 Å². The van der Waals surface area contributed by atoms with Crippen LogP contribution in [0.1, 0.15) is 25.3 Å². The van der Waals surface area contributed by atoms with E-state index in [1.165, 1.54) is 5.56 Å². The van der Waals surface area contributed by atoms with E-state index in [9.17, 15) is 0 Å². The third kappa shape index (κ3) is 3.39. The highest BCUT2D eigenvalue weighted by molar-refractivity contribution is 5.54. The lowest BCUT2D eigenvalue weighted by atomic mass is 9.97. The number of hydrogen-bond donors (Lipinski definition) is 1. The highest BCUT2D eigenvalue weighted by Crippen LogP contribution is 2.20. The van der Waals surface area contributed by atoms with E-state index < -0.39 is 0 Å². The maximum atomic E-state index is 5.44. The van der Waals surface area contributed by atoms with E-state index in [0.29, 0.717) is 11.7 Å². The molecular weight excluding hydrogens is 242 g/mol. The summed E-state index contributed by atoms with van der Waals surface area (Å²) in [7, 11) is 1.72. The topological polar surface area (TPSA) is 74.2 Å². The number of benzene rings is 1. The van der Waals surface area contributed by atoms with Crippen LogP contribution < -0.4 is 5.73 Å². The van der Waals surface area contributed by atoms with Gasteiger partial charge >= 0.3 is 0 Å². The Balaban J connectivity index is 2.14. The number of methoxy groups -OCH3 is 1. The number of nitrogens with two attached hydrogens (primary N) is 1. The predicted molar refractivity (Wildman–Crippen MR) is 72.4 cm³/mol. The smallest absolute Gasteiger partial charge is 0.240 e. The summed E-state index contributed by atoms with van der Waals surface area (Å²) >= 11 is 0. The summed E-state index contributed by atoms with van der Waals surface area (Å²) in [5.41, 5.74) is 7.40. The van der Waals surface area contributed by atoms with Crippen LogP contribution in [-0.4, -0.2) is 22.9 Å². The highest BCUT2D eigenvalue weighted by atomic mass is 16.5. The van der Waals surface area contributed by atoms with Crippen molar-refractivity contribution < 1.29 is 9.26 Å². The van der Waals surface area contributed by atoms with E-state index in [1.54, 1.807) is 7.11 Å². The van der Waals surface area contributed by atoms with Crippen LogP contribution in [0.4, 0.5) is 0 Å². The van der Waals surface area contributed by atoms with Gasteiger partial charge in [0.15, 0.2) is 0 Å². The Morgan fingerprint density at radius 1 is 1.26 bits per heavy atom. The molecule has 0 radical (unpaired) electrons. The molecular formula is C14H19N3O2. The van der Waals surface area contributed by atoms with Gasteiger partial charge in [-0.05, 0) is 19.4 Å². The average Bonchev–Trinajstić information content (AvgIpc) is 2.88. The SMILES string of the molecule is COC(C)(C)Cc1ccc(-c2noc(CN)n2)cc1. The first kappa shape index (κ1) is 13.7. The Morgan fingerprint density at radius 2 is 1.95 bits per heavy atom. The van der Waals surface area contributed by atoms with Gasteiger partial charge in [-0.25, -0.2) is 0 Å².